The molecule has 0 aliphatic heterocycles. The highest BCUT2D eigenvalue weighted by molar-refractivity contribution is 6.20. The standard InChI is InChI=1S/C22H21FN2O3/c1-22(2)18(20(22)25-27-3)21(26)28-17(13-24)15-10-7-11-16(12-15)19(23)14-8-5-4-6-9-14/h4-12,17-19H,1-3H3. The second kappa shape index (κ2) is 7.81. The number of hydrogen-bond donors (Lipinski definition) is 0. The van der Waals surface area contributed by atoms with Gasteiger partial charge in [-0.2, -0.15) is 5.26 Å². The van der Waals surface area contributed by atoms with Gasteiger partial charge < -0.3 is 9.57 Å². The number of nitrogens with zero attached hydrogens (tertiary/aromatic N) is 2. The van der Waals surface area contributed by atoms with Gasteiger partial charge in [-0.1, -0.05) is 67.5 Å². The van der Waals surface area contributed by atoms with Crippen molar-refractivity contribution >= 4 is 11.7 Å². The van der Waals surface area contributed by atoms with E-state index in [0.717, 1.165) is 0 Å². The maximum absolute atomic E-state index is 14.8. The molecule has 0 N–H and O–H groups in total. The number of benzene rings is 2. The average Bonchev–Trinajstić information content (AvgIpc) is 3.26. The summed E-state index contributed by atoms with van der Waals surface area (Å²) in [6.07, 6.45) is -2.46. The molecule has 0 radical (unpaired) electrons. The monoisotopic (exact) mass is 380 g/mol. The summed E-state index contributed by atoms with van der Waals surface area (Å²) < 4.78 is 20.2. The van der Waals surface area contributed by atoms with Gasteiger partial charge in [-0.05, 0) is 17.2 Å². The number of ether oxygens (including phenoxy) is 1. The molecule has 2 aromatic carbocycles. The predicted octanol–water partition coefficient (Wildman–Crippen LogP) is 4.51. The molecule has 0 heterocycles. The highest BCUT2D eigenvalue weighted by atomic mass is 19.1. The lowest BCUT2D eigenvalue weighted by molar-refractivity contribution is -0.148. The summed E-state index contributed by atoms with van der Waals surface area (Å²) in [7, 11) is 1.41. The molecule has 144 valence electrons. The van der Waals surface area contributed by atoms with Crippen LogP contribution in [0.3, 0.4) is 0 Å². The van der Waals surface area contributed by atoms with E-state index < -0.39 is 29.6 Å². The third-order valence-corrected chi connectivity index (χ3v) is 4.95. The summed E-state index contributed by atoms with van der Waals surface area (Å²) in [5, 5.41) is 13.4. The fourth-order valence-electron chi connectivity index (χ4n) is 3.25. The van der Waals surface area contributed by atoms with E-state index in [-0.39, 0.29) is 0 Å². The van der Waals surface area contributed by atoms with Gasteiger partial charge in [-0.3, -0.25) is 4.79 Å². The van der Waals surface area contributed by atoms with Crippen LogP contribution in [0.15, 0.2) is 59.8 Å². The Kier molecular flexibility index (Phi) is 5.46. The number of alkyl halides is 1. The fraction of sp³-hybridized carbons (Fsp3) is 0.318. The van der Waals surface area contributed by atoms with Crippen molar-refractivity contribution in [2.45, 2.75) is 26.1 Å². The molecule has 1 aliphatic rings. The van der Waals surface area contributed by atoms with E-state index in [9.17, 15) is 14.4 Å². The molecule has 1 fully saturated rings. The Labute approximate surface area is 163 Å². The smallest absolute Gasteiger partial charge is 0.317 e. The Bertz CT molecular complexity index is 934. The van der Waals surface area contributed by atoms with Crippen molar-refractivity contribution in [3.05, 3.63) is 71.3 Å². The first-order valence-corrected chi connectivity index (χ1v) is 8.90. The number of carbonyl (C=O) groups is 1. The topological polar surface area (TPSA) is 71.7 Å². The van der Waals surface area contributed by atoms with Crippen LogP contribution < -0.4 is 0 Å². The van der Waals surface area contributed by atoms with Crippen molar-refractivity contribution in [2.75, 3.05) is 7.11 Å². The first-order chi connectivity index (χ1) is 13.4. The molecule has 0 aromatic heterocycles. The number of hydrogen-bond acceptors (Lipinski definition) is 5. The van der Waals surface area contributed by atoms with Gasteiger partial charge in [0.15, 0.2) is 6.17 Å². The van der Waals surface area contributed by atoms with E-state index in [1.165, 1.54) is 7.11 Å². The average molecular weight is 380 g/mol. The molecule has 5 nitrogen and oxygen atoms in total. The fourth-order valence-corrected chi connectivity index (χ4v) is 3.25. The lowest BCUT2D eigenvalue weighted by Gasteiger charge is -2.14. The quantitative estimate of drug-likeness (QED) is 0.546. The van der Waals surface area contributed by atoms with Gasteiger partial charge in [0, 0.05) is 11.0 Å². The summed E-state index contributed by atoms with van der Waals surface area (Å²) in [5.74, 6) is -1.10. The van der Waals surface area contributed by atoms with E-state index in [0.29, 0.717) is 22.4 Å². The predicted molar refractivity (Wildman–Crippen MR) is 102 cm³/mol. The van der Waals surface area contributed by atoms with E-state index in [2.05, 4.69) is 5.16 Å². The van der Waals surface area contributed by atoms with Gasteiger partial charge in [0.2, 0.25) is 6.10 Å². The zero-order chi connectivity index (χ0) is 20.3. The molecule has 0 bridgehead atoms. The molecule has 3 unspecified atom stereocenters. The third kappa shape index (κ3) is 3.74. The maximum Gasteiger partial charge on any atom is 0.317 e. The van der Waals surface area contributed by atoms with Crippen LogP contribution in [0.1, 0.15) is 42.8 Å². The summed E-state index contributed by atoms with van der Waals surface area (Å²) in [6.45, 7) is 3.71. The van der Waals surface area contributed by atoms with Crippen LogP contribution in [-0.4, -0.2) is 18.8 Å². The van der Waals surface area contributed by atoms with E-state index in [4.69, 9.17) is 9.57 Å². The summed E-state index contributed by atoms with van der Waals surface area (Å²) in [6, 6.07) is 17.2. The minimum atomic E-state index is -1.33. The van der Waals surface area contributed by atoms with Gasteiger partial charge in [0.1, 0.15) is 19.1 Å². The van der Waals surface area contributed by atoms with Crippen LogP contribution in [0.25, 0.3) is 0 Å². The number of rotatable bonds is 6. The molecular formula is C22H21FN2O3. The van der Waals surface area contributed by atoms with Crippen LogP contribution in [0, 0.1) is 22.7 Å². The van der Waals surface area contributed by atoms with Crippen LogP contribution >= 0.6 is 0 Å². The molecule has 2 aromatic rings. The summed E-state index contributed by atoms with van der Waals surface area (Å²) in [5.41, 5.74) is 1.46. The Balaban J connectivity index is 1.78. The normalized spacial score (nSPS) is 20.7. The zero-order valence-electron chi connectivity index (χ0n) is 15.9. The number of oxime groups is 1. The van der Waals surface area contributed by atoms with Crippen molar-refractivity contribution < 1.29 is 18.8 Å². The summed E-state index contributed by atoms with van der Waals surface area (Å²) in [4.78, 5) is 17.3. The number of nitriles is 1. The van der Waals surface area contributed by atoms with E-state index >= 15 is 0 Å². The SMILES string of the molecule is CON=C1C(C(=O)OC(C#N)c2cccc(C(F)c3ccccc3)c2)C1(C)C. The highest BCUT2D eigenvalue weighted by Gasteiger charge is 2.61. The van der Waals surface area contributed by atoms with Gasteiger partial charge in [-0.25, -0.2) is 4.39 Å². The van der Waals surface area contributed by atoms with Crippen LogP contribution in [0.5, 0.6) is 0 Å². The second-order valence-corrected chi connectivity index (χ2v) is 7.20. The third-order valence-electron chi connectivity index (χ3n) is 4.95. The number of halogens is 1. The highest BCUT2D eigenvalue weighted by Crippen LogP contribution is 2.49. The molecule has 28 heavy (non-hydrogen) atoms. The van der Waals surface area contributed by atoms with Crippen molar-refractivity contribution in [2.24, 2.45) is 16.5 Å². The Morgan fingerprint density at radius 3 is 2.43 bits per heavy atom. The second-order valence-electron chi connectivity index (χ2n) is 7.20. The van der Waals surface area contributed by atoms with Crippen LogP contribution in [0.4, 0.5) is 4.39 Å². The van der Waals surface area contributed by atoms with Crippen molar-refractivity contribution in [1.82, 2.24) is 0 Å². The van der Waals surface area contributed by atoms with Crippen LogP contribution in [-0.2, 0) is 14.4 Å². The minimum absolute atomic E-state index is 0.397. The molecule has 1 aliphatic carbocycles. The molecule has 3 rings (SSSR count). The zero-order valence-corrected chi connectivity index (χ0v) is 15.9. The molecule has 3 atom stereocenters. The molecule has 6 heteroatoms. The van der Waals surface area contributed by atoms with Gasteiger partial charge in [0.25, 0.3) is 0 Å². The number of carbonyl (C=O) groups excluding carboxylic acids is 1. The Hall–Kier alpha value is -3.20. The molecular weight excluding hydrogens is 359 g/mol. The first-order valence-electron chi connectivity index (χ1n) is 8.90. The molecule has 0 spiro atoms. The minimum Gasteiger partial charge on any atom is -0.441 e. The van der Waals surface area contributed by atoms with Crippen molar-refractivity contribution in [1.29, 1.82) is 5.26 Å². The lowest BCUT2D eigenvalue weighted by atomic mass is 9.99. The first kappa shape index (κ1) is 19.6. The number of esters is 1. The molecule has 0 saturated heterocycles. The van der Waals surface area contributed by atoms with Gasteiger partial charge in [0.05, 0.1) is 5.71 Å². The Morgan fingerprint density at radius 2 is 1.79 bits per heavy atom. The Morgan fingerprint density at radius 1 is 1.14 bits per heavy atom. The van der Waals surface area contributed by atoms with Crippen molar-refractivity contribution in [3.63, 3.8) is 0 Å². The maximum atomic E-state index is 14.8. The lowest BCUT2D eigenvalue weighted by Crippen LogP contribution is -2.15. The molecule has 1 saturated carbocycles. The van der Waals surface area contributed by atoms with E-state index in [1.807, 2.05) is 26.0 Å². The largest absolute Gasteiger partial charge is 0.441 e. The molecule has 0 amide bonds. The van der Waals surface area contributed by atoms with Crippen LogP contribution in [0.2, 0.25) is 0 Å². The van der Waals surface area contributed by atoms with Crippen molar-refractivity contribution in [3.8, 4) is 6.07 Å². The van der Waals surface area contributed by atoms with E-state index in [1.54, 1.807) is 48.5 Å². The van der Waals surface area contributed by atoms with Gasteiger partial charge in [-0.15, -0.1) is 0 Å². The van der Waals surface area contributed by atoms with Gasteiger partial charge >= 0.3 is 5.97 Å². The summed E-state index contributed by atoms with van der Waals surface area (Å²) >= 11 is 0.